The summed E-state index contributed by atoms with van der Waals surface area (Å²) in [4.78, 5) is 13.6. The number of amides is 1. The van der Waals surface area contributed by atoms with Gasteiger partial charge in [-0.2, -0.15) is 0 Å². The zero-order chi connectivity index (χ0) is 11.8. The van der Waals surface area contributed by atoms with Gasteiger partial charge in [-0.3, -0.25) is 4.79 Å². The Bertz CT molecular complexity index is 473. The molecular formula is C13H15ClN2O. The van der Waals surface area contributed by atoms with Gasteiger partial charge in [-0.15, -0.1) is 0 Å². The minimum absolute atomic E-state index is 0.195. The van der Waals surface area contributed by atoms with Crippen LogP contribution in [0, 0.1) is 0 Å². The Morgan fingerprint density at radius 1 is 1.24 bits per heavy atom. The third kappa shape index (κ3) is 1.94. The maximum absolute atomic E-state index is 11.7. The summed E-state index contributed by atoms with van der Waals surface area (Å²) in [6, 6.07) is 4.10. The summed E-state index contributed by atoms with van der Waals surface area (Å²) < 4.78 is 0. The van der Waals surface area contributed by atoms with Crippen LogP contribution in [0.3, 0.4) is 0 Å². The molecule has 0 aromatic heterocycles. The first-order chi connectivity index (χ1) is 8.25. The highest BCUT2D eigenvalue weighted by Gasteiger charge is 2.25. The van der Waals surface area contributed by atoms with E-state index < -0.39 is 0 Å². The number of anilines is 1. The highest BCUT2D eigenvalue weighted by molar-refractivity contribution is 6.34. The quantitative estimate of drug-likeness (QED) is 0.828. The molecule has 2 aliphatic rings. The molecule has 2 heterocycles. The Morgan fingerprint density at radius 2 is 2.12 bits per heavy atom. The molecule has 1 aromatic rings. The second-order valence-electron chi connectivity index (χ2n) is 4.65. The lowest BCUT2D eigenvalue weighted by Gasteiger charge is -2.23. The number of nitrogens with one attached hydrogen (secondary N) is 1. The van der Waals surface area contributed by atoms with Crippen molar-refractivity contribution in [3.05, 3.63) is 28.3 Å². The van der Waals surface area contributed by atoms with Gasteiger partial charge in [0, 0.05) is 19.5 Å². The standard InChI is InChI=1S/C13H15ClN2O/c14-11-6-10-8-15-4-3-9(10)7-12(11)16-5-1-2-13(16)17/h6-7,15H,1-5,8H2. The average Bonchev–Trinajstić information content (AvgIpc) is 2.74. The highest BCUT2D eigenvalue weighted by Crippen LogP contribution is 2.33. The van der Waals surface area contributed by atoms with Crippen LogP contribution in [0.5, 0.6) is 0 Å². The summed E-state index contributed by atoms with van der Waals surface area (Å²) in [5.41, 5.74) is 3.48. The monoisotopic (exact) mass is 250 g/mol. The van der Waals surface area contributed by atoms with Crippen molar-refractivity contribution in [3.8, 4) is 0 Å². The van der Waals surface area contributed by atoms with E-state index in [0.29, 0.717) is 11.4 Å². The maximum atomic E-state index is 11.7. The van der Waals surface area contributed by atoms with Gasteiger partial charge in [0.1, 0.15) is 0 Å². The third-order valence-electron chi connectivity index (χ3n) is 3.52. The van der Waals surface area contributed by atoms with Crippen LogP contribution in [0.15, 0.2) is 12.1 Å². The molecule has 3 rings (SSSR count). The van der Waals surface area contributed by atoms with Crippen molar-refractivity contribution >= 4 is 23.2 Å². The highest BCUT2D eigenvalue weighted by atomic mass is 35.5. The fraction of sp³-hybridized carbons (Fsp3) is 0.462. The molecule has 0 radical (unpaired) electrons. The van der Waals surface area contributed by atoms with E-state index in [4.69, 9.17) is 11.6 Å². The molecule has 1 amide bonds. The number of hydrogen-bond donors (Lipinski definition) is 1. The van der Waals surface area contributed by atoms with Crippen LogP contribution in [-0.2, 0) is 17.8 Å². The molecule has 1 fully saturated rings. The summed E-state index contributed by atoms with van der Waals surface area (Å²) in [6.07, 6.45) is 2.60. The van der Waals surface area contributed by atoms with E-state index >= 15 is 0 Å². The molecule has 3 nitrogen and oxygen atoms in total. The largest absolute Gasteiger partial charge is 0.312 e. The van der Waals surface area contributed by atoms with Crippen LogP contribution < -0.4 is 10.2 Å². The Balaban J connectivity index is 2.02. The van der Waals surface area contributed by atoms with Crippen LogP contribution in [0.1, 0.15) is 24.0 Å². The molecule has 17 heavy (non-hydrogen) atoms. The summed E-state index contributed by atoms with van der Waals surface area (Å²) >= 11 is 6.28. The smallest absolute Gasteiger partial charge is 0.227 e. The van der Waals surface area contributed by atoms with Crippen LogP contribution in [0.25, 0.3) is 0 Å². The maximum Gasteiger partial charge on any atom is 0.227 e. The van der Waals surface area contributed by atoms with E-state index in [9.17, 15) is 4.79 Å². The van der Waals surface area contributed by atoms with Crippen molar-refractivity contribution in [2.75, 3.05) is 18.0 Å². The average molecular weight is 251 g/mol. The first-order valence-electron chi connectivity index (χ1n) is 6.08. The molecule has 1 N–H and O–H groups in total. The Labute approximate surface area is 106 Å². The lowest BCUT2D eigenvalue weighted by Crippen LogP contribution is -2.27. The zero-order valence-corrected chi connectivity index (χ0v) is 10.4. The van der Waals surface area contributed by atoms with Crippen molar-refractivity contribution in [2.45, 2.75) is 25.8 Å². The van der Waals surface area contributed by atoms with Crippen LogP contribution in [0.4, 0.5) is 5.69 Å². The van der Waals surface area contributed by atoms with Crippen molar-refractivity contribution in [3.63, 3.8) is 0 Å². The number of hydrogen-bond acceptors (Lipinski definition) is 2. The number of halogens is 1. The lowest BCUT2D eigenvalue weighted by atomic mass is 10.00. The molecule has 1 saturated heterocycles. The van der Waals surface area contributed by atoms with Crippen LogP contribution in [-0.4, -0.2) is 19.0 Å². The molecule has 90 valence electrons. The van der Waals surface area contributed by atoms with Gasteiger partial charge >= 0.3 is 0 Å². The van der Waals surface area contributed by atoms with Crippen molar-refractivity contribution in [1.82, 2.24) is 5.32 Å². The Kier molecular flexibility index (Phi) is 2.81. The predicted octanol–water partition coefficient (Wildman–Crippen LogP) is 2.11. The van der Waals surface area contributed by atoms with E-state index in [-0.39, 0.29) is 5.91 Å². The SMILES string of the molecule is O=C1CCCN1c1cc2c(cc1Cl)CNCC2. The molecule has 1 aromatic carbocycles. The fourth-order valence-electron chi connectivity index (χ4n) is 2.60. The van der Waals surface area contributed by atoms with Gasteiger partial charge in [0.15, 0.2) is 0 Å². The minimum Gasteiger partial charge on any atom is -0.312 e. The van der Waals surface area contributed by atoms with Gasteiger partial charge in [0.25, 0.3) is 0 Å². The third-order valence-corrected chi connectivity index (χ3v) is 3.82. The number of carbonyl (C=O) groups excluding carboxylic acids is 1. The van der Waals surface area contributed by atoms with E-state index in [1.807, 2.05) is 11.0 Å². The normalized spacial score (nSPS) is 19.6. The van der Waals surface area contributed by atoms with Gasteiger partial charge in [-0.1, -0.05) is 11.6 Å². The summed E-state index contributed by atoms with van der Waals surface area (Å²) in [7, 11) is 0. The second kappa shape index (κ2) is 4.31. The van der Waals surface area contributed by atoms with Crippen LogP contribution in [0.2, 0.25) is 5.02 Å². The predicted molar refractivity (Wildman–Crippen MR) is 68.4 cm³/mol. The second-order valence-corrected chi connectivity index (χ2v) is 5.06. The molecule has 2 aliphatic heterocycles. The Hall–Kier alpha value is -1.06. The summed E-state index contributed by atoms with van der Waals surface area (Å²) in [6.45, 7) is 2.68. The molecule has 0 saturated carbocycles. The van der Waals surface area contributed by atoms with Gasteiger partial charge in [0.2, 0.25) is 5.91 Å². The van der Waals surface area contributed by atoms with Crippen molar-refractivity contribution < 1.29 is 4.79 Å². The van der Waals surface area contributed by atoms with Gasteiger partial charge in [-0.25, -0.2) is 0 Å². The number of rotatable bonds is 1. The van der Waals surface area contributed by atoms with E-state index in [1.54, 1.807) is 0 Å². The summed E-state index contributed by atoms with van der Waals surface area (Å²) in [5, 5.41) is 4.02. The fourth-order valence-corrected chi connectivity index (χ4v) is 2.89. The molecule has 0 atom stereocenters. The number of carbonyl (C=O) groups is 1. The van der Waals surface area contributed by atoms with Gasteiger partial charge in [-0.05, 0) is 42.6 Å². The topological polar surface area (TPSA) is 32.3 Å². The number of nitrogens with zero attached hydrogens (tertiary/aromatic N) is 1. The molecule has 0 bridgehead atoms. The van der Waals surface area contributed by atoms with Gasteiger partial charge in [0.05, 0.1) is 10.7 Å². The number of fused-ring (bicyclic) bond motifs is 1. The van der Waals surface area contributed by atoms with Gasteiger partial charge < -0.3 is 10.2 Å². The first-order valence-corrected chi connectivity index (χ1v) is 6.46. The van der Waals surface area contributed by atoms with E-state index in [1.165, 1.54) is 11.1 Å². The molecular weight excluding hydrogens is 236 g/mol. The van der Waals surface area contributed by atoms with Crippen molar-refractivity contribution in [1.29, 1.82) is 0 Å². The lowest BCUT2D eigenvalue weighted by molar-refractivity contribution is -0.117. The zero-order valence-electron chi connectivity index (χ0n) is 9.63. The minimum atomic E-state index is 0.195. The van der Waals surface area contributed by atoms with E-state index in [0.717, 1.165) is 38.2 Å². The number of benzene rings is 1. The molecule has 0 unspecified atom stereocenters. The molecule has 0 aliphatic carbocycles. The van der Waals surface area contributed by atoms with Crippen molar-refractivity contribution in [2.24, 2.45) is 0 Å². The van der Waals surface area contributed by atoms with E-state index in [2.05, 4.69) is 11.4 Å². The Morgan fingerprint density at radius 3 is 2.88 bits per heavy atom. The molecule has 0 spiro atoms. The molecule has 4 heteroatoms. The first kappa shape index (κ1) is 11.1. The summed E-state index contributed by atoms with van der Waals surface area (Å²) in [5.74, 6) is 0.195. The van der Waals surface area contributed by atoms with Crippen LogP contribution >= 0.6 is 11.6 Å².